The smallest absolute Gasteiger partial charge is 0.246 e. The first kappa shape index (κ1) is 19.5. The highest BCUT2D eigenvalue weighted by molar-refractivity contribution is 5.92. The second-order valence-electron chi connectivity index (χ2n) is 6.61. The Labute approximate surface area is 166 Å². The van der Waals surface area contributed by atoms with Crippen molar-refractivity contribution in [1.82, 2.24) is 19.7 Å². The highest BCUT2D eigenvalue weighted by Crippen LogP contribution is 2.24. The zero-order valence-electron chi connectivity index (χ0n) is 16.5. The zero-order chi connectivity index (χ0) is 19.8. The lowest BCUT2D eigenvalue weighted by molar-refractivity contribution is -0.126. The van der Waals surface area contributed by atoms with Gasteiger partial charge in [0.2, 0.25) is 5.91 Å². The topological polar surface area (TPSA) is 51.0 Å². The van der Waals surface area contributed by atoms with Crippen molar-refractivity contribution < 1.29 is 4.79 Å². The highest BCUT2D eigenvalue weighted by Gasteiger charge is 2.12. The van der Waals surface area contributed by atoms with Gasteiger partial charge >= 0.3 is 0 Å². The van der Waals surface area contributed by atoms with Crippen LogP contribution in [0.2, 0.25) is 0 Å². The van der Waals surface area contributed by atoms with Gasteiger partial charge in [-0.05, 0) is 43.2 Å². The number of carbonyl (C=O) groups is 1. The normalized spacial score (nSPS) is 11.1. The molecule has 0 N–H and O–H groups in total. The summed E-state index contributed by atoms with van der Waals surface area (Å²) < 4.78 is 1.84. The Morgan fingerprint density at radius 3 is 2.46 bits per heavy atom. The minimum atomic E-state index is 0.0355. The molecule has 5 heteroatoms. The molecule has 0 unspecified atom stereocenters. The molecule has 0 fully saturated rings. The van der Waals surface area contributed by atoms with Crippen molar-refractivity contribution in [3.05, 3.63) is 72.7 Å². The average Bonchev–Trinajstić information content (AvgIpc) is 3.17. The van der Waals surface area contributed by atoms with E-state index in [-0.39, 0.29) is 5.91 Å². The van der Waals surface area contributed by atoms with Crippen LogP contribution in [0.3, 0.4) is 0 Å². The van der Waals surface area contributed by atoms with Crippen LogP contribution in [0, 0.1) is 0 Å². The Morgan fingerprint density at radius 2 is 1.82 bits per heavy atom. The van der Waals surface area contributed by atoms with Gasteiger partial charge in [0.1, 0.15) is 5.69 Å². The highest BCUT2D eigenvalue weighted by atomic mass is 16.2. The number of benzene rings is 1. The molecule has 0 saturated heterocycles. The Kier molecular flexibility index (Phi) is 6.73. The molecule has 0 saturated carbocycles. The summed E-state index contributed by atoms with van der Waals surface area (Å²) in [5.74, 6) is 0.0355. The first-order chi connectivity index (χ1) is 13.7. The maximum absolute atomic E-state index is 12.6. The third-order valence-corrected chi connectivity index (χ3v) is 4.40. The molecule has 2 heterocycles. The zero-order valence-corrected chi connectivity index (χ0v) is 16.5. The molecule has 3 rings (SSSR count). The number of para-hydroxylation sites is 1. The van der Waals surface area contributed by atoms with Gasteiger partial charge in [0.25, 0.3) is 0 Å². The number of hydrogen-bond donors (Lipinski definition) is 0. The van der Waals surface area contributed by atoms with Crippen LogP contribution in [0.25, 0.3) is 23.0 Å². The average molecular weight is 374 g/mol. The van der Waals surface area contributed by atoms with Crippen molar-refractivity contribution in [2.75, 3.05) is 13.1 Å². The van der Waals surface area contributed by atoms with Crippen LogP contribution in [0.1, 0.15) is 32.3 Å². The lowest BCUT2D eigenvalue weighted by atomic mass is 10.1. The number of aromatic nitrogens is 3. The van der Waals surface area contributed by atoms with E-state index in [0.717, 1.165) is 48.4 Å². The third-order valence-electron chi connectivity index (χ3n) is 4.40. The number of hydrogen-bond acceptors (Lipinski definition) is 3. The van der Waals surface area contributed by atoms with E-state index in [9.17, 15) is 4.79 Å². The fraction of sp³-hybridized carbons (Fsp3) is 0.261. The second kappa shape index (κ2) is 9.65. The summed E-state index contributed by atoms with van der Waals surface area (Å²) in [4.78, 5) is 18.7. The number of amides is 1. The van der Waals surface area contributed by atoms with E-state index in [4.69, 9.17) is 5.10 Å². The maximum Gasteiger partial charge on any atom is 0.246 e. The molecule has 2 aromatic heterocycles. The lowest BCUT2D eigenvalue weighted by Crippen LogP contribution is -2.30. The van der Waals surface area contributed by atoms with Gasteiger partial charge < -0.3 is 4.90 Å². The largest absolute Gasteiger partial charge is 0.339 e. The minimum Gasteiger partial charge on any atom is -0.339 e. The van der Waals surface area contributed by atoms with Crippen LogP contribution in [-0.4, -0.2) is 38.7 Å². The number of pyridine rings is 1. The molecule has 1 amide bonds. The summed E-state index contributed by atoms with van der Waals surface area (Å²) in [7, 11) is 0. The molecule has 0 bridgehead atoms. The third kappa shape index (κ3) is 4.74. The standard InChI is InChI=1S/C23H26N4O/c1-3-15-26(16-4-2)22(28)13-12-20-18-27(21-10-6-5-7-11-21)25-23(20)19-9-8-14-24-17-19/h5-14,17-18H,3-4,15-16H2,1-2H3/b13-12+. The molecule has 0 spiro atoms. The molecule has 0 aliphatic carbocycles. The molecular formula is C23H26N4O. The van der Waals surface area contributed by atoms with E-state index in [1.807, 2.05) is 64.3 Å². The van der Waals surface area contributed by atoms with Crippen LogP contribution in [0.15, 0.2) is 67.1 Å². The van der Waals surface area contributed by atoms with Gasteiger partial charge in [0, 0.05) is 48.9 Å². The summed E-state index contributed by atoms with van der Waals surface area (Å²) in [5, 5.41) is 4.75. The molecule has 5 nitrogen and oxygen atoms in total. The van der Waals surface area contributed by atoms with Crippen molar-refractivity contribution in [3.63, 3.8) is 0 Å². The predicted molar refractivity (Wildman–Crippen MR) is 113 cm³/mol. The Hall–Kier alpha value is -3.21. The van der Waals surface area contributed by atoms with Gasteiger partial charge in [-0.15, -0.1) is 0 Å². The first-order valence-electron chi connectivity index (χ1n) is 9.75. The van der Waals surface area contributed by atoms with Crippen molar-refractivity contribution in [2.24, 2.45) is 0 Å². The van der Waals surface area contributed by atoms with Crippen LogP contribution in [0.5, 0.6) is 0 Å². The van der Waals surface area contributed by atoms with Crippen LogP contribution in [0.4, 0.5) is 0 Å². The van der Waals surface area contributed by atoms with Gasteiger partial charge in [0.15, 0.2) is 0 Å². The summed E-state index contributed by atoms with van der Waals surface area (Å²) in [6.07, 6.45) is 10.9. The van der Waals surface area contributed by atoms with Crippen molar-refractivity contribution >= 4 is 12.0 Å². The number of nitrogens with zero attached hydrogens (tertiary/aromatic N) is 4. The molecule has 0 radical (unpaired) electrons. The molecule has 28 heavy (non-hydrogen) atoms. The van der Waals surface area contributed by atoms with Crippen LogP contribution >= 0.6 is 0 Å². The molecule has 0 atom stereocenters. The van der Waals surface area contributed by atoms with Crippen LogP contribution in [-0.2, 0) is 4.79 Å². The van der Waals surface area contributed by atoms with Crippen molar-refractivity contribution in [3.8, 4) is 16.9 Å². The molecule has 0 aliphatic heterocycles. The molecule has 1 aromatic carbocycles. The fourth-order valence-electron chi connectivity index (χ4n) is 3.09. The molecule has 3 aromatic rings. The summed E-state index contributed by atoms with van der Waals surface area (Å²) in [5.41, 5.74) is 3.58. The maximum atomic E-state index is 12.6. The van der Waals surface area contributed by atoms with Gasteiger partial charge in [0.05, 0.1) is 5.69 Å². The predicted octanol–water partition coefficient (Wildman–Crippen LogP) is 4.60. The first-order valence-corrected chi connectivity index (χ1v) is 9.75. The Balaban J connectivity index is 1.94. The summed E-state index contributed by atoms with van der Waals surface area (Å²) >= 11 is 0. The van der Waals surface area contributed by atoms with Gasteiger partial charge in [-0.25, -0.2) is 4.68 Å². The Bertz CT molecular complexity index is 910. The van der Waals surface area contributed by atoms with E-state index in [1.54, 1.807) is 18.5 Å². The van der Waals surface area contributed by atoms with E-state index < -0.39 is 0 Å². The molecular weight excluding hydrogens is 348 g/mol. The minimum absolute atomic E-state index is 0.0355. The number of carbonyl (C=O) groups excluding carboxylic acids is 1. The van der Waals surface area contributed by atoms with Crippen molar-refractivity contribution in [1.29, 1.82) is 0 Å². The van der Waals surface area contributed by atoms with Crippen LogP contribution < -0.4 is 0 Å². The van der Waals surface area contributed by atoms with E-state index >= 15 is 0 Å². The number of rotatable bonds is 8. The summed E-state index contributed by atoms with van der Waals surface area (Å²) in [6.45, 7) is 5.72. The van der Waals surface area contributed by atoms with Gasteiger partial charge in [-0.2, -0.15) is 5.10 Å². The lowest BCUT2D eigenvalue weighted by Gasteiger charge is -2.19. The van der Waals surface area contributed by atoms with E-state index in [2.05, 4.69) is 18.8 Å². The van der Waals surface area contributed by atoms with Crippen molar-refractivity contribution in [2.45, 2.75) is 26.7 Å². The molecule has 0 aliphatic rings. The molecule has 144 valence electrons. The SMILES string of the molecule is CCCN(CCC)C(=O)/C=C/c1cn(-c2ccccc2)nc1-c1cccnc1. The second-order valence-corrected chi connectivity index (χ2v) is 6.61. The Morgan fingerprint density at radius 1 is 1.07 bits per heavy atom. The van der Waals surface area contributed by atoms with Gasteiger partial charge in [-0.1, -0.05) is 32.0 Å². The van der Waals surface area contributed by atoms with E-state index in [0.29, 0.717) is 0 Å². The summed E-state index contributed by atoms with van der Waals surface area (Å²) in [6, 6.07) is 13.8. The quantitative estimate of drug-likeness (QED) is 0.542. The van der Waals surface area contributed by atoms with E-state index in [1.165, 1.54) is 0 Å². The fourth-order valence-corrected chi connectivity index (χ4v) is 3.09. The van der Waals surface area contributed by atoms with Gasteiger partial charge in [-0.3, -0.25) is 9.78 Å². The monoisotopic (exact) mass is 374 g/mol.